The summed E-state index contributed by atoms with van der Waals surface area (Å²) in [5.74, 6) is -1.23. The summed E-state index contributed by atoms with van der Waals surface area (Å²) in [7, 11) is 0. The van der Waals surface area contributed by atoms with Crippen molar-refractivity contribution in [2.24, 2.45) is 0 Å². The number of ether oxygens (including phenoxy) is 1. The minimum Gasteiger partial charge on any atom is -0.444 e. The number of rotatable bonds is 10. The van der Waals surface area contributed by atoms with E-state index in [9.17, 15) is 19.5 Å². The molecule has 2 unspecified atom stereocenters. The molecule has 8 nitrogen and oxygen atoms in total. The Bertz CT molecular complexity index is 1120. The summed E-state index contributed by atoms with van der Waals surface area (Å²) < 4.78 is 5.28. The van der Waals surface area contributed by atoms with Gasteiger partial charge in [-0.05, 0) is 56.5 Å². The summed E-state index contributed by atoms with van der Waals surface area (Å²) >= 11 is 10.6. The van der Waals surface area contributed by atoms with Crippen molar-refractivity contribution in [3.63, 3.8) is 0 Å². The third kappa shape index (κ3) is 8.52. The van der Waals surface area contributed by atoms with Crippen LogP contribution in [0.4, 0.5) is 10.5 Å². The third-order valence-electron chi connectivity index (χ3n) is 5.29. The monoisotopic (exact) mass is 547 g/mol. The number of nitrogens with one attached hydrogen (secondary N) is 2. The van der Waals surface area contributed by atoms with Crippen molar-refractivity contribution >= 4 is 53.9 Å². The summed E-state index contributed by atoms with van der Waals surface area (Å²) in [4.78, 5) is 41.1. The predicted octanol–water partition coefficient (Wildman–Crippen LogP) is 4.62. The van der Waals surface area contributed by atoms with Gasteiger partial charge in [0.05, 0.1) is 17.3 Å². The van der Waals surface area contributed by atoms with Gasteiger partial charge in [0, 0.05) is 12.3 Å². The van der Waals surface area contributed by atoms with Gasteiger partial charge in [-0.1, -0.05) is 54.6 Å². The first-order valence-corrected chi connectivity index (χ1v) is 12.7. The number of alkyl carbamates (subject to hydrolysis) is 1. The molecule has 0 spiro atoms. The highest BCUT2D eigenvalue weighted by Gasteiger charge is 2.36. The summed E-state index contributed by atoms with van der Waals surface area (Å²) in [6.45, 7) is 10.1. The van der Waals surface area contributed by atoms with Crippen LogP contribution in [0.25, 0.3) is 6.08 Å². The molecule has 2 aromatic rings. The first-order chi connectivity index (χ1) is 17.4. The van der Waals surface area contributed by atoms with Gasteiger partial charge in [0.15, 0.2) is 0 Å². The standard InChI is InChI=1S/C27H34ClN3O5S/c1-6-18-10-8-11-19(15-18)23(24(33)30-22-17(2)9-7-12-20(22)28)31(13-14-32)25(34)21(16-37)29-26(35)36-27(3,4)5/h6-12,15,21,23,32,37H,1,13-14,16H2,2-5H3,(H,29,35)(H,30,33). The van der Waals surface area contributed by atoms with Crippen LogP contribution in [0.2, 0.25) is 5.02 Å². The van der Waals surface area contributed by atoms with Crippen LogP contribution in [0.15, 0.2) is 49.0 Å². The third-order valence-corrected chi connectivity index (χ3v) is 5.97. The number of aryl methyl sites for hydroxylation is 1. The molecule has 0 heterocycles. The Hall–Kier alpha value is -3.01. The minimum atomic E-state index is -1.17. The first kappa shape index (κ1) is 30.2. The van der Waals surface area contributed by atoms with E-state index in [2.05, 4.69) is 29.8 Å². The van der Waals surface area contributed by atoms with Crippen LogP contribution in [0, 0.1) is 6.92 Å². The van der Waals surface area contributed by atoms with Gasteiger partial charge in [0.2, 0.25) is 5.91 Å². The molecule has 37 heavy (non-hydrogen) atoms. The van der Waals surface area contributed by atoms with Gasteiger partial charge in [-0.2, -0.15) is 12.6 Å². The highest BCUT2D eigenvalue weighted by atomic mass is 35.5. The number of aliphatic hydroxyl groups is 1. The number of hydrogen-bond donors (Lipinski definition) is 4. The van der Waals surface area contributed by atoms with Crippen molar-refractivity contribution in [1.82, 2.24) is 10.2 Å². The van der Waals surface area contributed by atoms with Gasteiger partial charge in [-0.15, -0.1) is 0 Å². The number of nitrogens with zero attached hydrogens (tertiary/aromatic N) is 1. The van der Waals surface area contributed by atoms with Crippen LogP contribution in [-0.4, -0.2) is 58.5 Å². The Morgan fingerprint density at radius 3 is 2.46 bits per heavy atom. The van der Waals surface area contributed by atoms with E-state index in [4.69, 9.17) is 16.3 Å². The van der Waals surface area contributed by atoms with Gasteiger partial charge in [-0.25, -0.2) is 4.79 Å². The van der Waals surface area contributed by atoms with Crippen molar-refractivity contribution in [3.8, 4) is 0 Å². The van der Waals surface area contributed by atoms with Crippen LogP contribution in [0.1, 0.15) is 43.5 Å². The maximum absolute atomic E-state index is 13.8. The van der Waals surface area contributed by atoms with E-state index in [1.54, 1.807) is 70.2 Å². The quantitative estimate of drug-likeness (QED) is 0.325. The van der Waals surface area contributed by atoms with Gasteiger partial charge in [-0.3, -0.25) is 9.59 Å². The first-order valence-electron chi connectivity index (χ1n) is 11.7. The number of carbonyl (C=O) groups is 3. The second kappa shape index (κ2) is 13.5. The molecule has 0 bridgehead atoms. The lowest BCUT2D eigenvalue weighted by Gasteiger charge is -2.34. The van der Waals surface area contributed by atoms with E-state index < -0.39 is 42.2 Å². The molecule has 0 saturated heterocycles. The minimum absolute atomic E-state index is 0.0648. The normalized spacial score (nSPS) is 12.7. The molecule has 3 N–H and O–H groups in total. The second-order valence-corrected chi connectivity index (χ2v) is 10.1. The number of carbonyl (C=O) groups excluding carboxylic acids is 3. The van der Waals surface area contributed by atoms with Gasteiger partial charge in [0.1, 0.15) is 17.7 Å². The molecular weight excluding hydrogens is 514 g/mol. The van der Waals surface area contributed by atoms with Gasteiger partial charge in [0.25, 0.3) is 5.91 Å². The fourth-order valence-corrected chi connectivity index (χ4v) is 4.14. The molecule has 0 saturated carbocycles. The van der Waals surface area contributed by atoms with E-state index in [1.165, 1.54) is 4.90 Å². The summed E-state index contributed by atoms with van der Waals surface area (Å²) in [6, 6.07) is 9.90. The average molecular weight is 548 g/mol. The van der Waals surface area contributed by atoms with Crippen LogP contribution in [0.3, 0.4) is 0 Å². The fraction of sp³-hybridized carbons (Fsp3) is 0.370. The predicted molar refractivity (Wildman–Crippen MR) is 150 cm³/mol. The molecule has 0 aliphatic heterocycles. The zero-order valence-electron chi connectivity index (χ0n) is 21.5. The lowest BCUT2D eigenvalue weighted by atomic mass is 10.00. The highest BCUT2D eigenvalue weighted by molar-refractivity contribution is 7.80. The van der Waals surface area contributed by atoms with Gasteiger partial charge >= 0.3 is 6.09 Å². The number of benzene rings is 2. The van der Waals surface area contributed by atoms with Crippen molar-refractivity contribution in [1.29, 1.82) is 0 Å². The van der Waals surface area contributed by atoms with Crippen LogP contribution >= 0.6 is 24.2 Å². The molecule has 2 rings (SSSR count). The Balaban J connectivity index is 2.52. The van der Waals surface area contributed by atoms with Crippen molar-refractivity contribution in [3.05, 3.63) is 70.8 Å². The number of anilines is 1. The average Bonchev–Trinajstić information content (AvgIpc) is 2.83. The molecule has 200 valence electrons. The molecule has 0 fully saturated rings. The number of halogens is 1. The topological polar surface area (TPSA) is 108 Å². The SMILES string of the molecule is C=Cc1cccc(C(C(=O)Nc2c(C)cccc2Cl)N(CCO)C(=O)C(CS)NC(=O)OC(C)(C)C)c1. The lowest BCUT2D eigenvalue weighted by molar-refractivity contribution is -0.140. The van der Waals surface area contributed by atoms with Crippen LogP contribution in [0.5, 0.6) is 0 Å². The van der Waals surface area contributed by atoms with E-state index >= 15 is 0 Å². The number of aliphatic hydroxyl groups excluding tert-OH is 1. The Kier molecular flexibility index (Phi) is 11.0. The van der Waals surface area contributed by atoms with Crippen molar-refractivity contribution < 1.29 is 24.2 Å². The Morgan fingerprint density at radius 1 is 1.22 bits per heavy atom. The Morgan fingerprint density at radius 2 is 1.89 bits per heavy atom. The summed E-state index contributed by atoms with van der Waals surface area (Å²) in [6.07, 6.45) is 0.820. The van der Waals surface area contributed by atoms with Crippen molar-refractivity contribution in [2.45, 2.75) is 45.4 Å². The zero-order chi connectivity index (χ0) is 27.8. The van der Waals surface area contributed by atoms with E-state index in [0.717, 1.165) is 11.1 Å². The van der Waals surface area contributed by atoms with Crippen LogP contribution < -0.4 is 10.6 Å². The largest absolute Gasteiger partial charge is 0.444 e. The number of thiol groups is 1. The smallest absolute Gasteiger partial charge is 0.408 e. The van der Waals surface area contributed by atoms with Crippen LogP contribution in [-0.2, 0) is 14.3 Å². The highest BCUT2D eigenvalue weighted by Crippen LogP contribution is 2.29. The number of amides is 3. The molecule has 0 aliphatic carbocycles. The van der Waals surface area contributed by atoms with Gasteiger partial charge < -0.3 is 25.4 Å². The van der Waals surface area contributed by atoms with Crippen molar-refractivity contribution in [2.75, 3.05) is 24.2 Å². The Labute approximate surface area is 228 Å². The summed E-state index contributed by atoms with van der Waals surface area (Å²) in [5.41, 5.74) is 1.58. The van der Waals surface area contributed by atoms with E-state index in [-0.39, 0.29) is 12.3 Å². The fourth-order valence-electron chi connectivity index (χ4n) is 3.62. The maximum Gasteiger partial charge on any atom is 0.408 e. The van der Waals surface area contributed by atoms with E-state index in [0.29, 0.717) is 16.3 Å². The second-order valence-electron chi connectivity index (χ2n) is 9.33. The zero-order valence-corrected chi connectivity index (χ0v) is 23.1. The molecule has 3 amide bonds. The summed E-state index contributed by atoms with van der Waals surface area (Å²) in [5, 5.41) is 15.5. The molecule has 2 aromatic carbocycles. The molecule has 10 heteroatoms. The molecule has 0 aromatic heterocycles. The maximum atomic E-state index is 13.8. The van der Waals surface area contributed by atoms with E-state index in [1.807, 2.05) is 6.07 Å². The lowest BCUT2D eigenvalue weighted by Crippen LogP contribution is -2.53. The molecule has 0 aliphatic rings. The number of para-hydroxylation sites is 1. The number of hydrogen-bond acceptors (Lipinski definition) is 6. The molecule has 2 atom stereocenters. The molecule has 0 radical (unpaired) electrons. The molecular formula is C27H34ClN3O5S.